The molecule has 28 heavy (non-hydrogen) atoms. The van der Waals surface area contributed by atoms with Crippen LogP contribution < -0.4 is 15.5 Å². The molecule has 2 atom stereocenters. The number of carbonyl (C=O) groups is 1. The molecule has 2 unspecified atom stereocenters. The molecule has 7 nitrogen and oxygen atoms in total. The quantitative estimate of drug-likeness (QED) is 0.744. The number of halogens is 1. The Morgan fingerprint density at radius 1 is 1.25 bits per heavy atom. The summed E-state index contributed by atoms with van der Waals surface area (Å²) in [5, 5.41) is 6.50. The number of hydrogen-bond donors (Lipinski definition) is 2. The maximum absolute atomic E-state index is 13.1. The average molecular weight is 431 g/mol. The molecule has 1 aromatic carbocycles. The maximum atomic E-state index is 13.1. The molecule has 0 radical (unpaired) electrons. The standard InChI is InChI=1S/C19H30N4O3S.ClH/c1-14-12-15(8-9-20-14)21-19(24)17-13-16(27(25,26)22(2)3)6-7-18(17)23-10-4-5-11-23;/h6-7,13-15,20H,4-5,8-12H2,1-3H3,(H,21,24);1H. The molecule has 0 saturated carbocycles. The summed E-state index contributed by atoms with van der Waals surface area (Å²) < 4.78 is 26.3. The van der Waals surface area contributed by atoms with Gasteiger partial charge in [0.2, 0.25) is 10.0 Å². The number of nitrogens with zero attached hydrogens (tertiary/aromatic N) is 2. The van der Waals surface area contributed by atoms with Gasteiger partial charge in [-0.25, -0.2) is 12.7 Å². The largest absolute Gasteiger partial charge is 0.371 e. The van der Waals surface area contributed by atoms with E-state index in [0.29, 0.717) is 11.6 Å². The van der Waals surface area contributed by atoms with Crippen LogP contribution in [0.5, 0.6) is 0 Å². The van der Waals surface area contributed by atoms with Crippen LogP contribution in [0.2, 0.25) is 0 Å². The fraction of sp³-hybridized carbons (Fsp3) is 0.632. The van der Waals surface area contributed by atoms with Crippen molar-refractivity contribution in [3.63, 3.8) is 0 Å². The van der Waals surface area contributed by atoms with E-state index in [1.165, 1.54) is 24.5 Å². The van der Waals surface area contributed by atoms with Crippen molar-refractivity contribution in [2.24, 2.45) is 0 Å². The van der Waals surface area contributed by atoms with Gasteiger partial charge in [0.15, 0.2) is 0 Å². The molecular formula is C19H31ClN4O3S. The van der Waals surface area contributed by atoms with Gasteiger partial charge in [0, 0.05) is 45.0 Å². The van der Waals surface area contributed by atoms with Crippen LogP contribution in [-0.4, -0.2) is 64.4 Å². The number of nitrogens with one attached hydrogen (secondary N) is 2. The summed E-state index contributed by atoms with van der Waals surface area (Å²) in [4.78, 5) is 15.4. The second kappa shape index (κ2) is 9.43. The number of piperidine rings is 1. The smallest absolute Gasteiger partial charge is 0.253 e. The van der Waals surface area contributed by atoms with Crippen molar-refractivity contribution in [3.8, 4) is 0 Å². The topological polar surface area (TPSA) is 81.8 Å². The van der Waals surface area contributed by atoms with Crippen LogP contribution in [0.15, 0.2) is 23.1 Å². The molecule has 0 aliphatic carbocycles. The minimum Gasteiger partial charge on any atom is -0.371 e. The summed E-state index contributed by atoms with van der Waals surface area (Å²) in [6.45, 7) is 4.77. The molecule has 9 heteroatoms. The molecule has 3 rings (SSSR count). The van der Waals surface area contributed by atoms with E-state index in [2.05, 4.69) is 22.5 Å². The molecule has 2 fully saturated rings. The third kappa shape index (κ3) is 4.97. The van der Waals surface area contributed by atoms with E-state index in [1.54, 1.807) is 12.1 Å². The van der Waals surface area contributed by atoms with Crippen molar-refractivity contribution in [1.29, 1.82) is 0 Å². The van der Waals surface area contributed by atoms with E-state index in [1.807, 2.05) is 0 Å². The lowest BCUT2D eigenvalue weighted by molar-refractivity contribution is 0.0926. The van der Waals surface area contributed by atoms with E-state index >= 15 is 0 Å². The first kappa shape index (κ1) is 22.9. The molecule has 2 N–H and O–H groups in total. The van der Waals surface area contributed by atoms with Gasteiger partial charge in [-0.3, -0.25) is 4.79 Å². The molecule has 2 heterocycles. The molecule has 0 bridgehead atoms. The van der Waals surface area contributed by atoms with Gasteiger partial charge in [0.1, 0.15) is 0 Å². The van der Waals surface area contributed by atoms with Gasteiger partial charge in [-0.1, -0.05) is 0 Å². The molecule has 2 aliphatic rings. The lowest BCUT2D eigenvalue weighted by atomic mass is 10.00. The number of hydrogen-bond acceptors (Lipinski definition) is 5. The Bertz CT molecular complexity index is 794. The Morgan fingerprint density at radius 3 is 2.54 bits per heavy atom. The number of sulfonamides is 1. The molecule has 2 saturated heterocycles. The Kier molecular flexibility index (Phi) is 7.73. The first-order valence-electron chi connectivity index (χ1n) is 9.65. The average Bonchev–Trinajstić information content (AvgIpc) is 3.15. The summed E-state index contributed by atoms with van der Waals surface area (Å²) in [6.07, 6.45) is 3.93. The van der Waals surface area contributed by atoms with E-state index in [-0.39, 0.29) is 29.3 Å². The zero-order valence-electron chi connectivity index (χ0n) is 16.8. The molecule has 1 aromatic rings. The van der Waals surface area contributed by atoms with Gasteiger partial charge in [0.05, 0.1) is 10.5 Å². The highest BCUT2D eigenvalue weighted by molar-refractivity contribution is 7.89. The van der Waals surface area contributed by atoms with E-state index in [4.69, 9.17) is 0 Å². The number of amides is 1. The highest BCUT2D eigenvalue weighted by Crippen LogP contribution is 2.28. The van der Waals surface area contributed by atoms with Crippen LogP contribution in [0, 0.1) is 0 Å². The van der Waals surface area contributed by atoms with Crippen molar-refractivity contribution >= 4 is 34.0 Å². The Morgan fingerprint density at radius 2 is 1.93 bits per heavy atom. The minimum absolute atomic E-state index is 0. The van der Waals surface area contributed by atoms with E-state index < -0.39 is 10.0 Å². The number of anilines is 1. The second-order valence-electron chi connectivity index (χ2n) is 7.71. The van der Waals surface area contributed by atoms with Crippen molar-refractivity contribution in [2.45, 2.75) is 49.6 Å². The monoisotopic (exact) mass is 430 g/mol. The van der Waals surface area contributed by atoms with Crippen LogP contribution in [0.4, 0.5) is 5.69 Å². The van der Waals surface area contributed by atoms with Gasteiger partial charge in [0.25, 0.3) is 5.91 Å². The van der Waals surface area contributed by atoms with Gasteiger partial charge < -0.3 is 15.5 Å². The third-order valence-electron chi connectivity index (χ3n) is 5.40. The molecule has 1 amide bonds. The highest BCUT2D eigenvalue weighted by atomic mass is 35.5. The Labute approximate surface area is 174 Å². The summed E-state index contributed by atoms with van der Waals surface area (Å²) in [5.74, 6) is -0.188. The van der Waals surface area contributed by atoms with Crippen molar-refractivity contribution in [1.82, 2.24) is 14.9 Å². The lowest BCUT2D eigenvalue weighted by Crippen LogP contribution is -2.46. The lowest BCUT2D eigenvalue weighted by Gasteiger charge is -2.29. The van der Waals surface area contributed by atoms with Crippen molar-refractivity contribution in [3.05, 3.63) is 23.8 Å². The summed E-state index contributed by atoms with van der Waals surface area (Å²) >= 11 is 0. The second-order valence-corrected chi connectivity index (χ2v) is 9.86. The number of rotatable bonds is 5. The van der Waals surface area contributed by atoms with Crippen LogP contribution in [0.1, 0.15) is 43.0 Å². The predicted molar refractivity (Wildman–Crippen MR) is 114 cm³/mol. The van der Waals surface area contributed by atoms with Gasteiger partial charge in [-0.05, 0) is 57.4 Å². The SMILES string of the molecule is CC1CC(NC(=O)c2cc(S(=O)(=O)N(C)C)ccc2N2CCCC2)CCN1.Cl. The molecule has 0 aromatic heterocycles. The van der Waals surface area contributed by atoms with Gasteiger partial charge in [-0.2, -0.15) is 0 Å². The number of benzene rings is 1. The van der Waals surface area contributed by atoms with E-state index in [9.17, 15) is 13.2 Å². The van der Waals surface area contributed by atoms with Gasteiger partial charge in [-0.15, -0.1) is 12.4 Å². The van der Waals surface area contributed by atoms with Crippen LogP contribution in [0.25, 0.3) is 0 Å². The van der Waals surface area contributed by atoms with Gasteiger partial charge >= 0.3 is 0 Å². The summed E-state index contributed by atoms with van der Waals surface area (Å²) in [6, 6.07) is 5.38. The Hall–Kier alpha value is -1.35. The molecule has 0 spiro atoms. The molecule has 158 valence electrons. The molecule has 2 aliphatic heterocycles. The van der Waals surface area contributed by atoms with Crippen LogP contribution >= 0.6 is 12.4 Å². The predicted octanol–water partition coefficient (Wildman–Crippen LogP) is 1.83. The zero-order valence-corrected chi connectivity index (χ0v) is 18.4. The summed E-state index contributed by atoms with van der Waals surface area (Å²) in [7, 11) is -0.590. The number of carbonyl (C=O) groups excluding carboxylic acids is 1. The summed E-state index contributed by atoms with van der Waals surface area (Å²) in [5.41, 5.74) is 1.27. The Balaban J connectivity index is 0.00000280. The van der Waals surface area contributed by atoms with Crippen LogP contribution in [-0.2, 0) is 10.0 Å². The maximum Gasteiger partial charge on any atom is 0.253 e. The first-order valence-corrected chi connectivity index (χ1v) is 11.1. The normalized spacial score (nSPS) is 22.8. The van der Waals surface area contributed by atoms with Crippen molar-refractivity contribution < 1.29 is 13.2 Å². The van der Waals surface area contributed by atoms with Crippen molar-refractivity contribution in [2.75, 3.05) is 38.6 Å². The molecular weight excluding hydrogens is 400 g/mol. The minimum atomic E-state index is -3.59. The highest BCUT2D eigenvalue weighted by Gasteiger charge is 2.26. The third-order valence-corrected chi connectivity index (χ3v) is 7.21. The first-order chi connectivity index (χ1) is 12.8. The fourth-order valence-electron chi connectivity index (χ4n) is 3.83. The van der Waals surface area contributed by atoms with E-state index in [0.717, 1.165) is 51.0 Å². The zero-order chi connectivity index (χ0) is 19.6. The fourth-order valence-corrected chi connectivity index (χ4v) is 4.76. The van der Waals surface area contributed by atoms with Crippen LogP contribution in [0.3, 0.4) is 0 Å².